The quantitative estimate of drug-likeness (QED) is 0.0253. The number of guanidine groups is 1. The lowest BCUT2D eigenvalue weighted by atomic mass is 9.97. The predicted molar refractivity (Wildman–Crippen MR) is 520 cm³/mol. The maximum Gasteiger partial charge on any atom is 0.305 e. The van der Waals surface area contributed by atoms with Crippen LogP contribution in [0.2, 0.25) is 0 Å². The number of carboxylic acid groups (broad SMARTS) is 3. The lowest BCUT2D eigenvalue weighted by molar-refractivity contribution is -0.146. The van der Waals surface area contributed by atoms with E-state index in [9.17, 15) is 112 Å². The van der Waals surface area contributed by atoms with Crippen molar-refractivity contribution >= 4 is 203 Å². The van der Waals surface area contributed by atoms with Crippen molar-refractivity contribution in [3.63, 3.8) is 0 Å². The fraction of sp³-hybridized carbons (Fsp3) is 0.576. The van der Waals surface area contributed by atoms with E-state index in [1.165, 1.54) is 45.4 Å². The van der Waals surface area contributed by atoms with Crippen molar-refractivity contribution in [2.75, 3.05) is 82.0 Å². The minimum absolute atomic E-state index is 0.00622. The monoisotopic (exact) mass is 2160 g/mol. The standard InChI is InChI=1S/C85H122N28O31S4/c1-5-38(2)67-82(142)110-52-33-145-147-36-55-79(139)107-51(32-114)76(136)106-50(25-66(126)127)84(144)113-20-8-10-56(113)80(140)100-44(9-6-18-90-85(87)88)71(131)108-54(35-148-146-34-53(77(137)109-55)99-63(121)31-93-59(117)27-91-60(118)28-94-68(128)39(3)98-69(129)40(4)97-62(120)30-92-61(119)29-95-70(52)130)78(138)103-47(23-58(86)116)74(134)102-46(21-41-12-14-43(115)15-13-41)73(133)104-48(24-65(124)125)75(135)105-49(22-42-26-89-37-96-42)83(143)112-19-7-11-57(112)81(141)101-45(72(132)111-67)16-17-64(122)123/h12-15,26,37-40,44-57,67,114-115H,5-11,16-25,27-36H2,1-4H3,(H2,86,116)(H,89,96)(H,91,118)(H,92,119)(H,93,117)(H,94,128)(H,95,130)(H,97,120)(H,98,129)(H,99,121)(H,100,140)(H,101,141)(H,102,134)(H,103,138)(H,104,133)(H,105,135)(H,106,136)(H,107,139)(H,108,131)(H,109,137)(H,110,142)(H,111,132)(H,122,123)(H,124,125)(H,126,127)(H4,87,88,90)/t38-,39-,40-,44-,45-,46-,47-,48-,49-,50-,51-,52+,53-,54-,55-,56-,57-,67-/m0/s1. The zero-order valence-electron chi connectivity index (χ0n) is 80.4. The number of aromatic amines is 1. The van der Waals surface area contributed by atoms with Gasteiger partial charge in [0.1, 0.15) is 108 Å². The zero-order chi connectivity index (χ0) is 109. The average Bonchev–Trinajstić information content (AvgIpc) is 1.67. The molecule has 5 fully saturated rings. The molecule has 1 aromatic carbocycles. The first-order chi connectivity index (χ1) is 70.1. The Bertz CT molecular complexity index is 5230. The first-order valence-electron chi connectivity index (χ1n) is 46.5. The number of phenols is 1. The Kier molecular flexibility index (Phi) is 48.4. The summed E-state index contributed by atoms with van der Waals surface area (Å²) in [5, 5.41) is 109. The van der Waals surface area contributed by atoms with E-state index in [4.69, 9.17) is 16.9 Å². The number of aliphatic hydroxyl groups excluding tert-OH is 1. The van der Waals surface area contributed by atoms with Crippen LogP contribution in [0.4, 0.5) is 0 Å². The smallest absolute Gasteiger partial charge is 0.305 e. The van der Waals surface area contributed by atoms with Crippen LogP contribution in [0.1, 0.15) is 116 Å². The number of carbonyl (C=O) groups excluding carboxylic acids is 23. The van der Waals surface area contributed by atoms with Crippen molar-refractivity contribution in [2.24, 2.45) is 17.4 Å². The maximum absolute atomic E-state index is 15.4. The number of rotatable bonds is 20. The fourth-order valence-electron chi connectivity index (χ4n) is 15.1. The molecule has 0 radical (unpaired) electrons. The first-order valence-corrected chi connectivity index (χ1v) is 51.5. The van der Waals surface area contributed by atoms with Gasteiger partial charge in [-0.25, -0.2) is 4.98 Å². The van der Waals surface area contributed by atoms with E-state index in [1.54, 1.807) is 6.92 Å². The molecule has 0 saturated carbocycles. The van der Waals surface area contributed by atoms with E-state index in [0.717, 1.165) is 21.9 Å². The number of nitrogens with one attached hydrogen (secondary N) is 23. The number of benzene rings is 1. The number of carbonyl (C=O) groups is 26. The van der Waals surface area contributed by atoms with Gasteiger partial charge in [-0.3, -0.25) is 130 Å². The predicted octanol–water partition coefficient (Wildman–Crippen LogP) is -13.4. The van der Waals surface area contributed by atoms with E-state index >= 15 is 38.4 Å². The molecule has 23 amide bonds. The third-order valence-electron chi connectivity index (χ3n) is 23.2. The summed E-state index contributed by atoms with van der Waals surface area (Å²) in [5.41, 5.74) is 11.5. The molecule has 5 saturated heterocycles. The molecule has 0 spiro atoms. The summed E-state index contributed by atoms with van der Waals surface area (Å²) in [4.78, 5) is 379. The molecule has 6 heterocycles. The molecule has 5 aliphatic rings. The summed E-state index contributed by atoms with van der Waals surface area (Å²) in [6.45, 7) is -1.54. The molecular weight excluding hydrogens is 2040 g/mol. The Morgan fingerprint density at radius 1 is 0.439 bits per heavy atom. The second-order valence-electron chi connectivity index (χ2n) is 34.6. The highest BCUT2D eigenvalue weighted by molar-refractivity contribution is 8.77. The zero-order valence-corrected chi connectivity index (χ0v) is 83.7. The van der Waals surface area contributed by atoms with Gasteiger partial charge in [0.15, 0.2) is 5.96 Å². The van der Waals surface area contributed by atoms with Crippen LogP contribution in [-0.2, 0) is 137 Å². The molecule has 5 aliphatic heterocycles. The van der Waals surface area contributed by atoms with Gasteiger partial charge in [0.2, 0.25) is 136 Å². The van der Waals surface area contributed by atoms with Crippen LogP contribution in [0.25, 0.3) is 0 Å². The normalized spacial score (nSPS) is 26.8. The summed E-state index contributed by atoms with van der Waals surface area (Å²) < 4.78 is 0. The number of hydrogen-bond donors (Lipinski definition) is 30. The van der Waals surface area contributed by atoms with Crippen LogP contribution in [0.15, 0.2) is 36.8 Å². The molecule has 59 nitrogen and oxygen atoms in total. The molecule has 63 heteroatoms. The van der Waals surface area contributed by atoms with Crippen LogP contribution in [0.5, 0.6) is 5.75 Å². The summed E-state index contributed by atoms with van der Waals surface area (Å²) in [5.74, 6) is -38.4. The molecule has 7 rings (SSSR count). The number of nitrogens with zero attached hydrogens (tertiary/aromatic N) is 3. The van der Waals surface area contributed by atoms with Crippen molar-refractivity contribution in [3.8, 4) is 5.75 Å². The number of primary amides is 1. The Morgan fingerprint density at radius 2 is 0.851 bits per heavy atom. The lowest BCUT2D eigenvalue weighted by Gasteiger charge is -2.31. The number of aromatic nitrogens is 2. The Hall–Kier alpha value is -14.9. The number of carboxylic acids is 3. The molecule has 1 aromatic heterocycles. The minimum atomic E-state index is -2.26. The number of amides is 23. The Balaban J connectivity index is 1.45. The molecule has 18 atom stereocenters. The second-order valence-corrected chi connectivity index (χ2v) is 39.7. The van der Waals surface area contributed by atoms with E-state index in [0.29, 0.717) is 43.2 Å². The third kappa shape index (κ3) is 39.5. The second kappa shape index (κ2) is 59.6. The van der Waals surface area contributed by atoms with Crippen LogP contribution in [0, 0.1) is 11.3 Å². The van der Waals surface area contributed by atoms with Crippen molar-refractivity contribution in [1.29, 1.82) is 5.41 Å². The van der Waals surface area contributed by atoms with Gasteiger partial charge in [0, 0.05) is 68.1 Å². The highest BCUT2D eigenvalue weighted by Crippen LogP contribution is 2.28. The number of nitrogens with two attached hydrogens (primary N) is 2. The van der Waals surface area contributed by atoms with Crippen molar-refractivity contribution in [1.82, 2.24) is 131 Å². The molecule has 0 unspecified atom stereocenters. The third-order valence-corrected chi connectivity index (χ3v) is 28.0. The number of H-pyrrole nitrogens is 1. The maximum atomic E-state index is 15.4. The number of imidazole rings is 1. The Labute approximate surface area is 859 Å². The van der Waals surface area contributed by atoms with Crippen molar-refractivity contribution in [2.45, 2.75) is 220 Å². The van der Waals surface area contributed by atoms with E-state index in [-0.39, 0.29) is 75.2 Å². The minimum Gasteiger partial charge on any atom is -0.508 e. The van der Waals surface area contributed by atoms with Crippen LogP contribution in [-0.4, -0.2) is 390 Å². The van der Waals surface area contributed by atoms with Gasteiger partial charge >= 0.3 is 17.9 Å². The van der Waals surface area contributed by atoms with Gasteiger partial charge in [-0.1, -0.05) is 75.6 Å². The summed E-state index contributed by atoms with van der Waals surface area (Å²) >= 11 is 0. The molecule has 812 valence electrons. The van der Waals surface area contributed by atoms with Gasteiger partial charge in [-0.15, -0.1) is 0 Å². The number of aliphatic carboxylic acids is 3. The number of phenolic OH excluding ortho intramolecular Hbond substituents is 1. The SMILES string of the molecule is CC[C@H](C)[C@@H]1NC(=O)[C@H](CCC(=O)O)NC(=O)[C@@H]2CCCN2C(=O)[C@H](Cc2c[nH]cn2)NC(=O)[C@H](CC(=O)O)NC(=O)[C@H](Cc2ccc(O)cc2)NC(=O)[C@H](CC(N)=O)NC(=O)[C@@H]2CSSC[C@@H]3NC(=O)CNC(=O)CNC(=O)CNC(=O)[C@H](C)NC(=O)[C@H](C)NC(=O)CNC(=O)CNC(=O)[C@@H](CSSC[C@H](NC3=O)C(=O)N[C@@H](CO)C(=O)N[C@@H](CC(=O)O)C(=O)N3CCC[C@H]3C(=O)N[C@@H](CCCNC(=N)N)C(=O)N2)NC1=O. The topological polar surface area (TPSA) is 909 Å². The summed E-state index contributed by atoms with van der Waals surface area (Å²) in [6, 6.07) is -27.7. The number of aromatic hydroxyl groups is 1. The van der Waals surface area contributed by atoms with Crippen LogP contribution >= 0.6 is 43.2 Å². The largest absolute Gasteiger partial charge is 0.508 e. The fourth-order valence-corrected chi connectivity index (χ4v) is 19.7. The van der Waals surface area contributed by atoms with Gasteiger partial charge in [-0.05, 0) is 82.4 Å². The van der Waals surface area contributed by atoms with Crippen molar-refractivity contribution < 1.29 is 150 Å². The summed E-state index contributed by atoms with van der Waals surface area (Å²) in [7, 11) is 2.29. The van der Waals surface area contributed by atoms with E-state index in [1.807, 2.05) is 0 Å². The molecule has 32 N–H and O–H groups in total. The van der Waals surface area contributed by atoms with Gasteiger partial charge in [0.25, 0.3) is 0 Å². The highest BCUT2D eigenvalue weighted by Gasteiger charge is 2.46. The molecule has 2 aromatic rings. The van der Waals surface area contributed by atoms with Gasteiger partial charge in [0.05, 0.1) is 70.6 Å². The van der Waals surface area contributed by atoms with Crippen LogP contribution < -0.4 is 123 Å². The molecular formula is C85H122N28O31S4. The number of aliphatic hydroxyl groups is 1. The van der Waals surface area contributed by atoms with Gasteiger partial charge < -0.3 is 163 Å². The highest BCUT2D eigenvalue weighted by atomic mass is 33.1. The lowest BCUT2D eigenvalue weighted by Crippen LogP contribution is -2.62. The first kappa shape index (κ1) is 120. The molecule has 0 aliphatic carbocycles. The van der Waals surface area contributed by atoms with Crippen LogP contribution in [0.3, 0.4) is 0 Å². The summed E-state index contributed by atoms with van der Waals surface area (Å²) in [6.07, 6.45) is -5.09. The average molecular weight is 2160 g/mol. The number of fused-ring (bicyclic) bond motifs is 10. The van der Waals surface area contributed by atoms with Crippen molar-refractivity contribution in [3.05, 3.63) is 48.0 Å². The molecule has 148 heavy (non-hydrogen) atoms. The molecule has 4 bridgehead atoms. The number of hydrogen-bond acceptors (Lipinski definition) is 34. The van der Waals surface area contributed by atoms with Gasteiger partial charge in [-0.2, -0.15) is 0 Å². The van der Waals surface area contributed by atoms with E-state index < -0.39 is 382 Å². The van der Waals surface area contributed by atoms with E-state index in [2.05, 4.69) is 122 Å². The Morgan fingerprint density at radius 3 is 1.37 bits per heavy atom.